The van der Waals surface area contributed by atoms with Gasteiger partial charge in [0.25, 0.3) is 10.0 Å². The van der Waals surface area contributed by atoms with Crippen LogP contribution >= 0.6 is 0 Å². The van der Waals surface area contributed by atoms with Crippen LogP contribution in [0.3, 0.4) is 0 Å². The van der Waals surface area contributed by atoms with Crippen LogP contribution < -0.4 is 51.4 Å². The monoisotopic (exact) mass is 487 g/mol. The number of benzene rings is 1. The molecule has 1 aromatic carbocycles. The minimum Gasteiger partial charge on any atom is -0.870 e. The van der Waals surface area contributed by atoms with Gasteiger partial charge in [0.15, 0.2) is 11.9 Å². The molecule has 4 aromatic rings. The molecule has 10 heteroatoms. The summed E-state index contributed by atoms with van der Waals surface area (Å²) >= 11 is 0. The molecule has 3 heterocycles. The Bertz CT molecular complexity index is 1420. The van der Waals surface area contributed by atoms with Crippen LogP contribution in [0.4, 0.5) is 0 Å². The quantitative estimate of drug-likeness (QED) is 0.296. The van der Waals surface area contributed by atoms with Crippen LogP contribution in [-0.4, -0.2) is 40.4 Å². The Morgan fingerprint density at radius 3 is 2.24 bits per heavy atom. The fraction of sp³-hybridized carbons (Fsp3) is 0.0435. The third kappa shape index (κ3) is 5.61. The van der Waals surface area contributed by atoms with Gasteiger partial charge in [0.2, 0.25) is 0 Å². The number of pyridine rings is 2. The van der Waals surface area contributed by atoms with Gasteiger partial charge in [-0.3, -0.25) is 14.6 Å². The first-order valence-corrected chi connectivity index (χ1v) is 10.8. The zero-order chi connectivity index (χ0) is 21.8. The first kappa shape index (κ1) is 26.9. The van der Waals surface area contributed by atoms with Crippen molar-refractivity contribution in [3.8, 4) is 0 Å². The molecule has 0 unspecified atom stereocenters. The van der Waals surface area contributed by atoms with Crippen LogP contribution in [0, 0.1) is 0 Å². The average Bonchev–Trinajstić information content (AvgIpc) is 3.41. The molecule has 0 spiro atoms. The van der Waals surface area contributed by atoms with Crippen molar-refractivity contribution in [1.82, 2.24) is 13.9 Å². The Hall–Kier alpha value is -2.31. The maximum absolute atomic E-state index is 12.7. The fourth-order valence-electron chi connectivity index (χ4n) is 3.31. The average molecular weight is 488 g/mol. The molecule has 1 aliphatic carbocycles. The van der Waals surface area contributed by atoms with E-state index in [1.807, 2.05) is 18.2 Å². The zero-order valence-electron chi connectivity index (χ0n) is 17.7. The second-order valence-electron chi connectivity index (χ2n) is 6.74. The summed E-state index contributed by atoms with van der Waals surface area (Å²) in [5.41, 5.74) is 3.21. The summed E-state index contributed by atoms with van der Waals surface area (Å²) in [6.07, 6.45) is 7.23. The van der Waals surface area contributed by atoms with Gasteiger partial charge in [0, 0.05) is 24.2 Å². The van der Waals surface area contributed by atoms with E-state index in [-0.39, 0.29) is 73.1 Å². The number of allylic oxidation sites excluding steroid dienone is 1. The van der Waals surface area contributed by atoms with Crippen LogP contribution in [0.2, 0.25) is 0 Å². The summed E-state index contributed by atoms with van der Waals surface area (Å²) in [7, 11) is -3.84. The Kier molecular flexibility index (Phi) is 9.55. The molecule has 1 N–H and O–H groups in total. The summed E-state index contributed by atoms with van der Waals surface area (Å²) < 4.78 is 26.3. The first-order valence-electron chi connectivity index (χ1n) is 9.36. The molecule has 5 rings (SSSR count). The summed E-state index contributed by atoms with van der Waals surface area (Å²) in [6, 6.07) is 16.7. The maximum Gasteiger partial charge on any atom is 1.00 e. The first-order chi connectivity index (χ1) is 15.0. The zero-order valence-corrected chi connectivity index (χ0v) is 21.6. The molecule has 3 aromatic heterocycles. The van der Waals surface area contributed by atoms with E-state index in [0.29, 0.717) is 18.1 Å². The minimum absolute atomic E-state index is 0. The van der Waals surface area contributed by atoms with Gasteiger partial charge >= 0.3 is 51.4 Å². The van der Waals surface area contributed by atoms with Crippen LogP contribution in [0.25, 0.3) is 17.1 Å². The summed E-state index contributed by atoms with van der Waals surface area (Å²) in [4.78, 5) is 29.9. The van der Waals surface area contributed by atoms with Crippen molar-refractivity contribution in [1.29, 1.82) is 0 Å². The molecular weight excluding hydrogens is 469 g/mol. The van der Waals surface area contributed by atoms with Gasteiger partial charge in [-0.2, -0.15) is 0 Å². The van der Waals surface area contributed by atoms with E-state index in [2.05, 4.69) is 9.97 Å². The van der Waals surface area contributed by atoms with E-state index < -0.39 is 10.0 Å². The summed E-state index contributed by atoms with van der Waals surface area (Å²) in [6.45, 7) is 0. The van der Waals surface area contributed by atoms with E-state index in [0.717, 1.165) is 27.1 Å². The Balaban J connectivity index is 0.000000254. The van der Waals surface area contributed by atoms with Gasteiger partial charge in [-0.05, 0) is 53.6 Å². The predicted molar refractivity (Wildman–Crippen MR) is 118 cm³/mol. The molecule has 0 saturated heterocycles. The number of hydrogen-bond donors (Lipinski definition) is 0. The second kappa shape index (κ2) is 11.7. The van der Waals surface area contributed by atoms with E-state index in [9.17, 15) is 18.0 Å². The minimum atomic E-state index is -3.84. The van der Waals surface area contributed by atoms with Crippen LogP contribution in [0.15, 0.2) is 83.5 Å². The maximum atomic E-state index is 12.7. The Labute approximate surface area is 233 Å². The molecule has 0 bridgehead atoms. The normalized spacial score (nSPS) is 11.7. The molecule has 0 saturated carbocycles. The molecular formula is C23H18KN3O5S. The molecule has 1 aliphatic rings. The van der Waals surface area contributed by atoms with Crippen molar-refractivity contribution in [3.63, 3.8) is 0 Å². The number of hydrogen-bond acceptors (Lipinski definition) is 7. The predicted octanol–water partition coefficient (Wildman–Crippen LogP) is 0.133. The van der Waals surface area contributed by atoms with Crippen molar-refractivity contribution >= 4 is 39.7 Å². The van der Waals surface area contributed by atoms with Crippen molar-refractivity contribution in [3.05, 3.63) is 95.6 Å². The van der Waals surface area contributed by atoms with E-state index >= 15 is 0 Å². The third-order valence-electron chi connectivity index (χ3n) is 4.74. The van der Waals surface area contributed by atoms with Gasteiger partial charge < -0.3 is 5.48 Å². The topological polar surface area (TPSA) is 129 Å². The standard InChI is InChI=1S/C14H10N2O3S.C9H7NO.K.H2O/c17-10-12-9-11-5-4-8-15-14(11)16(12)20(18,19)13-6-2-1-3-7-13;11-6-7-4-8-2-1-3-10-9(8)5-7;;/h1-10H;1-4,6H,5H2;;1H2/q;;+1;/p-1. The van der Waals surface area contributed by atoms with Crippen molar-refractivity contribution in [2.75, 3.05) is 0 Å². The molecule has 0 aliphatic heterocycles. The van der Waals surface area contributed by atoms with Crippen LogP contribution in [0.5, 0.6) is 0 Å². The number of carbonyl (C=O) groups is 2. The largest absolute Gasteiger partial charge is 1.00 e. The molecule has 0 fully saturated rings. The third-order valence-corrected chi connectivity index (χ3v) is 6.47. The van der Waals surface area contributed by atoms with Crippen molar-refractivity contribution in [2.45, 2.75) is 11.3 Å². The fourth-order valence-corrected chi connectivity index (χ4v) is 4.78. The molecule has 162 valence electrons. The smallest absolute Gasteiger partial charge is 0.870 e. The number of rotatable bonds is 4. The van der Waals surface area contributed by atoms with Gasteiger partial charge in [0.1, 0.15) is 6.29 Å². The molecule has 33 heavy (non-hydrogen) atoms. The number of aromatic nitrogens is 3. The Morgan fingerprint density at radius 1 is 0.879 bits per heavy atom. The van der Waals surface area contributed by atoms with E-state index in [1.54, 1.807) is 36.5 Å². The molecule has 0 amide bonds. The van der Waals surface area contributed by atoms with Gasteiger partial charge in [-0.15, -0.1) is 0 Å². The summed E-state index contributed by atoms with van der Waals surface area (Å²) in [5, 5.41) is 0.606. The number of aldehydes is 2. The molecule has 0 atom stereocenters. The molecule has 8 nitrogen and oxygen atoms in total. The van der Waals surface area contributed by atoms with Crippen molar-refractivity contribution in [2.24, 2.45) is 0 Å². The SMILES string of the molecule is O=CC1=Cc2cccnc2C1.O=Cc1cc2cccnc2n1S(=O)(=O)c1ccccc1.[K+].[OH-]. The molecule has 0 radical (unpaired) electrons. The van der Waals surface area contributed by atoms with Gasteiger partial charge in [-0.1, -0.05) is 24.3 Å². The second-order valence-corrected chi connectivity index (χ2v) is 8.53. The van der Waals surface area contributed by atoms with Gasteiger partial charge in [-0.25, -0.2) is 17.4 Å². The van der Waals surface area contributed by atoms with Crippen LogP contribution in [-0.2, 0) is 21.2 Å². The Morgan fingerprint density at radius 2 is 1.58 bits per heavy atom. The number of fused-ring (bicyclic) bond motifs is 2. The number of carbonyl (C=O) groups excluding carboxylic acids is 2. The van der Waals surface area contributed by atoms with Gasteiger partial charge in [0.05, 0.1) is 16.3 Å². The van der Waals surface area contributed by atoms with E-state index in [1.165, 1.54) is 24.4 Å². The van der Waals surface area contributed by atoms with Crippen molar-refractivity contribution < 1.29 is 74.9 Å². The van der Waals surface area contributed by atoms with E-state index in [4.69, 9.17) is 0 Å². The summed E-state index contributed by atoms with van der Waals surface area (Å²) in [5.74, 6) is 0. The number of nitrogens with zero attached hydrogens (tertiary/aromatic N) is 3. The van der Waals surface area contributed by atoms with Crippen LogP contribution in [0.1, 0.15) is 21.7 Å².